The fourth-order valence-electron chi connectivity index (χ4n) is 1.10. The number of Topliss-reactive ketones (excluding diaryl/α,β-unsaturated/α-hetero) is 1. The number of hydrogen-bond acceptors (Lipinski definition) is 4. The summed E-state index contributed by atoms with van der Waals surface area (Å²) in [5, 5.41) is 9.03. The largest absolute Gasteiger partial charge is 0.379 e. The fraction of sp³-hybridized carbons (Fsp3) is 0.500. The minimum absolute atomic E-state index is 0.0301. The maximum atomic E-state index is 10.8. The van der Waals surface area contributed by atoms with E-state index >= 15 is 0 Å². The van der Waals surface area contributed by atoms with Crippen LogP contribution in [-0.4, -0.2) is 22.7 Å². The van der Waals surface area contributed by atoms with Gasteiger partial charge in [-0.15, -0.1) is 0 Å². The second-order valence-corrected chi connectivity index (χ2v) is 5.27. The molecule has 0 fully saturated rings. The molecular weight excluding hydrogens is 258 g/mol. The van der Waals surface area contributed by atoms with Gasteiger partial charge in [0.2, 0.25) is 0 Å². The van der Waals surface area contributed by atoms with Crippen LogP contribution in [0.15, 0.2) is 29.3 Å². The molecule has 2 atom stereocenters. The zero-order valence-electron chi connectivity index (χ0n) is 11.7. The molecule has 0 aliphatic carbocycles. The molecule has 104 valence electrons. The van der Waals surface area contributed by atoms with E-state index in [4.69, 9.17) is 11.0 Å². The summed E-state index contributed by atoms with van der Waals surface area (Å²) in [6.45, 7) is 5.33. The quantitative estimate of drug-likeness (QED) is 0.441. The van der Waals surface area contributed by atoms with Gasteiger partial charge in [0.25, 0.3) is 0 Å². The van der Waals surface area contributed by atoms with Crippen molar-refractivity contribution in [3.05, 3.63) is 24.3 Å². The average Bonchev–Trinajstić information content (AvgIpc) is 2.35. The van der Waals surface area contributed by atoms with E-state index in [1.807, 2.05) is 38.2 Å². The number of nitrogens with two attached hydrogens (primary N) is 1. The summed E-state index contributed by atoms with van der Waals surface area (Å²) in [6.07, 6.45) is 8.40. The van der Waals surface area contributed by atoms with Crippen molar-refractivity contribution < 1.29 is 4.79 Å². The van der Waals surface area contributed by atoms with Crippen LogP contribution in [0.3, 0.4) is 0 Å². The molecule has 0 rings (SSSR count). The highest BCUT2D eigenvalue weighted by molar-refractivity contribution is 8.14. The Balaban J connectivity index is 4.08. The molecule has 19 heavy (non-hydrogen) atoms. The molecule has 2 N–H and O–H groups in total. The van der Waals surface area contributed by atoms with Gasteiger partial charge in [-0.05, 0) is 27.2 Å². The zero-order chi connectivity index (χ0) is 14.7. The molecule has 0 aromatic heterocycles. The average molecular weight is 279 g/mol. The number of rotatable bonds is 7. The van der Waals surface area contributed by atoms with Crippen molar-refractivity contribution in [1.82, 2.24) is 0 Å². The van der Waals surface area contributed by atoms with Gasteiger partial charge in [0, 0.05) is 5.92 Å². The minimum Gasteiger partial charge on any atom is -0.379 e. The lowest BCUT2D eigenvalue weighted by atomic mass is 10.1. The van der Waals surface area contributed by atoms with Gasteiger partial charge in [0.1, 0.15) is 5.78 Å². The number of aliphatic imine (C=N–C) groups is 1. The lowest BCUT2D eigenvalue weighted by molar-refractivity contribution is -0.114. The number of nitriles is 1. The molecule has 0 spiro atoms. The van der Waals surface area contributed by atoms with Crippen LogP contribution < -0.4 is 5.73 Å². The van der Waals surface area contributed by atoms with Crippen LogP contribution >= 0.6 is 11.8 Å². The zero-order valence-corrected chi connectivity index (χ0v) is 12.5. The van der Waals surface area contributed by atoms with Gasteiger partial charge in [-0.25, -0.2) is 0 Å². The molecule has 0 saturated heterocycles. The number of allylic oxidation sites excluding steroid dienone is 3. The van der Waals surface area contributed by atoms with Gasteiger partial charge in [-0.3, -0.25) is 9.79 Å². The number of hydrogen-bond donors (Lipinski definition) is 1. The van der Waals surface area contributed by atoms with Crippen LogP contribution in [0.5, 0.6) is 0 Å². The third-order valence-electron chi connectivity index (χ3n) is 2.10. The van der Waals surface area contributed by atoms with E-state index in [9.17, 15) is 4.79 Å². The van der Waals surface area contributed by atoms with Crippen molar-refractivity contribution >= 4 is 22.7 Å². The maximum absolute atomic E-state index is 10.8. The Labute approximate surface area is 119 Å². The first kappa shape index (κ1) is 17.5. The topological polar surface area (TPSA) is 79.2 Å². The number of carbonyl (C=O) groups is 1. The second-order valence-electron chi connectivity index (χ2n) is 4.28. The molecule has 4 nitrogen and oxygen atoms in total. The standard InChI is InChI=1S/C14H21N3OS/c1-11(9-15)7-5-4-6-8-12(2)17-14(16)19-10-13(3)18/h4-6,8,11-12H,7,10H2,1-3H3,(H2,16,17). The van der Waals surface area contributed by atoms with Gasteiger partial charge in [-0.2, -0.15) is 5.26 Å². The molecule has 0 bridgehead atoms. The van der Waals surface area contributed by atoms with Crippen molar-refractivity contribution in [1.29, 1.82) is 5.26 Å². The highest BCUT2D eigenvalue weighted by Crippen LogP contribution is 2.04. The number of ketones is 1. The molecule has 5 heteroatoms. The number of nitrogens with zero attached hydrogens (tertiary/aromatic N) is 2. The molecule has 0 aromatic rings. The predicted molar refractivity (Wildman–Crippen MR) is 81.9 cm³/mol. The Kier molecular flexibility index (Phi) is 9.55. The van der Waals surface area contributed by atoms with Crippen LogP contribution in [0.25, 0.3) is 0 Å². The van der Waals surface area contributed by atoms with Crippen molar-refractivity contribution in [2.45, 2.75) is 33.2 Å². The van der Waals surface area contributed by atoms with Crippen LogP contribution in [0.2, 0.25) is 0 Å². The highest BCUT2D eigenvalue weighted by Gasteiger charge is 1.99. The molecule has 0 aliphatic rings. The number of amidine groups is 1. The first-order valence-corrected chi connectivity index (χ1v) is 7.12. The Morgan fingerprint density at radius 3 is 2.74 bits per heavy atom. The second kappa shape index (κ2) is 10.4. The molecular formula is C14H21N3OS. The SMILES string of the molecule is CC(=O)CSC(N)=NC(C)C=CC=CCC(C)C#N. The van der Waals surface area contributed by atoms with Gasteiger partial charge in [0.05, 0.1) is 17.9 Å². The Hall–Kier alpha value is -1.54. The van der Waals surface area contributed by atoms with Gasteiger partial charge in [0.15, 0.2) is 5.17 Å². The van der Waals surface area contributed by atoms with Crippen molar-refractivity contribution in [3.8, 4) is 6.07 Å². The van der Waals surface area contributed by atoms with E-state index in [1.165, 1.54) is 18.7 Å². The smallest absolute Gasteiger partial charge is 0.154 e. The molecule has 0 aliphatic heterocycles. The monoisotopic (exact) mass is 279 g/mol. The molecule has 0 saturated carbocycles. The van der Waals surface area contributed by atoms with Crippen molar-refractivity contribution in [2.75, 3.05) is 5.75 Å². The van der Waals surface area contributed by atoms with E-state index in [1.54, 1.807) is 0 Å². The molecule has 0 radical (unpaired) electrons. The summed E-state index contributed by atoms with van der Waals surface area (Å²) in [4.78, 5) is 15.0. The maximum Gasteiger partial charge on any atom is 0.154 e. The summed E-state index contributed by atoms with van der Waals surface area (Å²) in [5.41, 5.74) is 5.68. The summed E-state index contributed by atoms with van der Waals surface area (Å²) < 4.78 is 0. The van der Waals surface area contributed by atoms with Crippen LogP contribution in [-0.2, 0) is 4.79 Å². The van der Waals surface area contributed by atoms with E-state index < -0.39 is 0 Å². The summed E-state index contributed by atoms with van der Waals surface area (Å²) in [6, 6.07) is 2.14. The van der Waals surface area contributed by atoms with Gasteiger partial charge >= 0.3 is 0 Å². The summed E-state index contributed by atoms with van der Waals surface area (Å²) in [5.74, 6) is 0.483. The Morgan fingerprint density at radius 1 is 1.47 bits per heavy atom. The third kappa shape index (κ3) is 11.3. The van der Waals surface area contributed by atoms with Gasteiger partial charge < -0.3 is 5.73 Å². The summed E-state index contributed by atoms with van der Waals surface area (Å²) >= 11 is 1.25. The summed E-state index contributed by atoms with van der Waals surface area (Å²) in [7, 11) is 0. The van der Waals surface area contributed by atoms with Crippen molar-refractivity contribution in [3.63, 3.8) is 0 Å². The molecule has 0 heterocycles. The van der Waals surface area contributed by atoms with Crippen LogP contribution in [0.1, 0.15) is 27.2 Å². The molecule has 2 unspecified atom stereocenters. The van der Waals surface area contributed by atoms with Gasteiger partial charge in [-0.1, -0.05) is 36.1 Å². The van der Waals surface area contributed by atoms with Crippen LogP contribution in [0.4, 0.5) is 0 Å². The van der Waals surface area contributed by atoms with E-state index in [0.717, 1.165) is 6.42 Å². The van der Waals surface area contributed by atoms with E-state index in [0.29, 0.717) is 10.9 Å². The Bertz CT molecular complexity index is 407. The first-order valence-electron chi connectivity index (χ1n) is 6.14. The lowest BCUT2D eigenvalue weighted by Gasteiger charge is -2.02. The fourth-order valence-corrected chi connectivity index (χ4v) is 1.69. The van der Waals surface area contributed by atoms with Crippen molar-refractivity contribution in [2.24, 2.45) is 16.6 Å². The molecule has 0 aromatic carbocycles. The number of carbonyl (C=O) groups excluding carboxylic acids is 1. The first-order chi connectivity index (χ1) is 8.95. The third-order valence-corrected chi connectivity index (χ3v) is 3.05. The lowest BCUT2D eigenvalue weighted by Crippen LogP contribution is -2.12. The van der Waals surface area contributed by atoms with Crippen LogP contribution in [0, 0.1) is 17.2 Å². The molecule has 0 amide bonds. The minimum atomic E-state index is -0.0301. The Morgan fingerprint density at radius 2 is 2.16 bits per heavy atom. The highest BCUT2D eigenvalue weighted by atomic mass is 32.2. The predicted octanol–water partition coefficient (Wildman–Crippen LogP) is 2.67. The van der Waals surface area contributed by atoms with E-state index in [2.05, 4.69) is 11.1 Å². The normalized spacial score (nSPS) is 15.6. The van der Waals surface area contributed by atoms with E-state index in [-0.39, 0.29) is 17.7 Å². The number of thioether (sulfide) groups is 1.